The highest BCUT2D eigenvalue weighted by Crippen LogP contribution is 2.50. The molecular formula is C48H29NS3. The Balaban J connectivity index is 1.20. The molecule has 1 nitrogen and oxygen atoms in total. The van der Waals surface area contributed by atoms with Gasteiger partial charge in [0.2, 0.25) is 0 Å². The maximum atomic E-state index is 2.50. The molecule has 0 unspecified atom stereocenters. The predicted molar refractivity (Wildman–Crippen MR) is 231 cm³/mol. The molecule has 0 fully saturated rings. The smallest absolute Gasteiger partial charge is 0.0555 e. The SMILES string of the molecule is c1ccc(-c2cccc3c2sc2ccc(N(c4ccc5c(c4)sc4ccccc45)c4ccc(-c5ccccc5)c5sc6ccccc6c45)cc23)cc1. The number of anilines is 3. The second-order valence-electron chi connectivity index (χ2n) is 13.2. The first-order chi connectivity index (χ1) is 25.8. The van der Waals surface area contributed by atoms with E-state index < -0.39 is 0 Å². The summed E-state index contributed by atoms with van der Waals surface area (Å²) in [6.07, 6.45) is 0. The van der Waals surface area contributed by atoms with Crippen molar-refractivity contribution < 1.29 is 0 Å². The lowest BCUT2D eigenvalue weighted by atomic mass is 9.99. The Bertz CT molecular complexity index is 3130. The first-order valence-corrected chi connectivity index (χ1v) is 20.0. The Hall–Kier alpha value is -5.78. The summed E-state index contributed by atoms with van der Waals surface area (Å²) in [7, 11) is 0. The molecular weight excluding hydrogens is 687 g/mol. The second kappa shape index (κ2) is 11.9. The molecule has 0 amide bonds. The summed E-state index contributed by atoms with van der Waals surface area (Å²) in [6, 6.07) is 64.8. The van der Waals surface area contributed by atoms with Crippen LogP contribution in [-0.4, -0.2) is 0 Å². The lowest BCUT2D eigenvalue weighted by Crippen LogP contribution is -2.10. The largest absolute Gasteiger partial charge is 0.310 e. The van der Waals surface area contributed by atoms with Gasteiger partial charge in [-0.2, -0.15) is 0 Å². The fourth-order valence-electron chi connectivity index (χ4n) is 7.89. The first kappa shape index (κ1) is 29.9. The zero-order valence-electron chi connectivity index (χ0n) is 27.9. The van der Waals surface area contributed by atoms with E-state index in [9.17, 15) is 0 Å². The molecule has 0 atom stereocenters. The summed E-state index contributed by atoms with van der Waals surface area (Å²) in [6.45, 7) is 0. The monoisotopic (exact) mass is 715 g/mol. The lowest BCUT2D eigenvalue weighted by Gasteiger charge is -2.27. The summed E-state index contributed by atoms with van der Waals surface area (Å²) < 4.78 is 7.86. The van der Waals surface area contributed by atoms with Crippen molar-refractivity contribution in [2.24, 2.45) is 0 Å². The highest BCUT2D eigenvalue weighted by molar-refractivity contribution is 7.27. The fraction of sp³-hybridized carbons (Fsp3) is 0. The zero-order chi connectivity index (χ0) is 34.2. The van der Waals surface area contributed by atoms with Crippen molar-refractivity contribution >= 4 is 112 Å². The summed E-state index contributed by atoms with van der Waals surface area (Å²) >= 11 is 5.66. The number of hydrogen-bond donors (Lipinski definition) is 0. The first-order valence-electron chi connectivity index (χ1n) is 17.5. The van der Waals surface area contributed by atoms with Gasteiger partial charge in [0.15, 0.2) is 0 Å². The number of rotatable bonds is 5. The van der Waals surface area contributed by atoms with Crippen LogP contribution in [-0.2, 0) is 0 Å². The van der Waals surface area contributed by atoms with Gasteiger partial charge >= 0.3 is 0 Å². The Morgan fingerprint density at radius 2 is 0.904 bits per heavy atom. The van der Waals surface area contributed by atoms with Crippen LogP contribution in [0.4, 0.5) is 17.1 Å². The molecule has 0 aliphatic rings. The number of fused-ring (bicyclic) bond motifs is 9. The van der Waals surface area contributed by atoms with E-state index in [0.717, 1.165) is 11.4 Å². The van der Waals surface area contributed by atoms with Crippen LogP contribution >= 0.6 is 34.0 Å². The summed E-state index contributed by atoms with van der Waals surface area (Å²) in [5.41, 5.74) is 8.56. The minimum atomic E-state index is 1.15. The Morgan fingerprint density at radius 1 is 0.327 bits per heavy atom. The van der Waals surface area contributed by atoms with Gasteiger partial charge in [0.1, 0.15) is 0 Å². The zero-order valence-corrected chi connectivity index (χ0v) is 30.4. The maximum absolute atomic E-state index is 2.50. The maximum Gasteiger partial charge on any atom is 0.0555 e. The van der Waals surface area contributed by atoms with Crippen LogP contribution in [0.2, 0.25) is 0 Å². The van der Waals surface area contributed by atoms with Gasteiger partial charge < -0.3 is 4.90 Å². The molecule has 0 saturated carbocycles. The van der Waals surface area contributed by atoms with Gasteiger partial charge in [-0.05, 0) is 70.8 Å². The van der Waals surface area contributed by atoms with Crippen LogP contribution < -0.4 is 4.90 Å². The molecule has 4 heteroatoms. The van der Waals surface area contributed by atoms with Crippen LogP contribution in [0, 0.1) is 0 Å². The van der Waals surface area contributed by atoms with Gasteiger partial charge in [-0.15, -0.1) is 34.0 Å². The van der Waals surface area contributed by atoms with Gasteiger partial charge in [-0.25, -0.2) is 0 Å². The van der Waals surface area contributed by atoms with E-state index in [1.807, 2.05) is 34.0 Å². The minimum absolute atomic E-state index is 1.15. The average molecular weight is 716 g/mol. The molecule has 3 aromatic heterocycles. The Morgan fingerprint density at radius 3 is 1.69 bits per heavy atom. The van der Waals surface area contributed by atoms with Gasteiger partial charge in [0.25, 0.3) is 0 Å². The van der Waals surface area contributed by atoms with Crippen LogP contribution in [0.3, 0.4) is 0 Å². The van der Waals surface area contributed by atoms with Crippen molar-refractivity contribution in [3.8, 4) is 22.3 Å². The van der Waals surface area contributed by atoms with Crippen LogP contribution in [0.25, 0.3) is 82.8 Å². The van der Waals surface area contributed by atoms with Gasteiger partial charge in [-0.3, -0.25) is 0 Å². The van der Waals surface area contributed by atoms with Crippen LogP contribution in [0.1, 0.15) is 0 Å². The van der Waals surface area contributed by atoms with E-state index in [0.29, 0.717) is 0 Å². The molecule has 0 aliphatic carbocycles. The highest BCUT2D eigenvalue weighted by atomic mass is 32.1. The van der Waals surface area contributed by atoms with Crippen molar-refractivity contribution in [1.29, 1.82) is 0 Å². The molecule has 52 heavy (non-hydrogen) atoms. The minimum Gasteiger partial charge on any atom is -0.310 e. The number of nitrogens with zero attached hydrogens (tertiary/aromatic N) is 1. The number of benzene rings is 8. The third-order valence-corrected chi connectivity index (χ3v) is 13.8. The third-order valence-electron chi connectivity index (χ3n) is 10.3. The van der Waals surface area contributed by atoms with Crippen molar-refractivity contribution in [3.63, 3.8) is 0 Å². The van der Waals surface area contributed by atoms with Crippen molar-refractivity contribution in [3.05, 3.63) is 176 Å². The highest BCUT2D eigenvalue weighted by Gasteiger charge is 2.23. The van der Waals surface area contributed by atoms with Crippen LogP contribution in [0.5, 0.6) is 0 Å². The molecule has 3 heterocycles. The lowest BCUT2D eigenvalue weighted by molar-refractivity contribution is 1.32. The van der Waals surface area contributed by atoms with E-state index in [4.69, 9.17) is 0 Å². The van der Waals surface area contributed by atoms with Gasteiger partial charge in [0.05, 0.1) is 5.69 Å². The van der Waals surface area contributed by atoms with Crippen LogP contribution in [0.15, 0.2) is 176 Å². The topological polar surface area (TPSA) is 3.24 Å². The molecule has 0 aliphatic heterocycles. The van der Waals surface area contributed by atoms with Gasteiger partial charge in [0, 0.05) is 71.9 Å². The van der Waals surface area contributed by atoms with Crippen molar-refractivity contribution in [1.82, 2.24) is 0 Å². The van der Waals surface area contributed by atoms with E-state index >= 15 is 0 Å². The molecule has 0 spiro atoms. The third kappa shape index (κ3) is 4.65. The Labute approximate surface area is 312 Å². The summed E-state index contributed by atoms with van der Waals surface area (Å²) in [4.78, 5) is 2.50. The molecule has 11 rings (SSSR count). The van der Waals surface area contributed by atoms with Gasteiger partial charge in [-0.1, -0.05) is 127 Å². The molecule has 0 bridgehead atoms. The van der Waals surface area contributed by atoms with Crippen molar-refractivity contribution in [2.45, 2.75) is 0 Å². The predicted octanol–water partition coefficient (Wildman–Crippen LogP) is 15.6. The fourth-order valence-corrected chi connectivity index (χ4v) is 11.5. The summed E-state index contributed by atoms with van der Waals surface area (Å²) in [5.74, 6) is 0. The molecule has 11 aromatic rings. The molecule has 244 valence electrons. The van der Waals surface area contributed by atoms with E-state index in [-0.39, 0.29) is 0 Å². The molecule has 0 saturated heterocycles. The van der Waals surface area contributed by atoms with Crippen molar-refractivity contribution in [2.75, 3.05) is 4.90 Å². The molecule has 0 radical (unpaired) electrons. The number of hydrogen-bond acceptors (Lipinski definition) is 4. The number of thiophene rings is 3. The van der Waals surface area contributed by atoms with E-state index in [1.165, 1.54) is 88.5 Å². The second-order valence-corrected chi connectivity index (χ2v) is 16.4. The quantitative estimate of drug-likeness (QED) is 0.171. The van der Waals surface area contributed by atoms with E-state index in [2.05, 4.69) is 181 Å². The standard InChI is InChI=1S/C48H29NS3/c1-3-12-30(13-4-1)34-18-11-19-38-40-28-32(23-27-44(40)51-47(34)38)49(33-22-24-37-36-16-7-9-20-42(36)50-45(37)29-33)41-26-25-35(31-14-5-2-6-15-31)48-46(41)39-17-8-10-21-43(39)52-48/h1-29H. The normalized spacial score (nSPS) is 11.8. The molecule has 8 aromatic carbocycles. The summed E-state index contributed by atoms with van der Waals surface area (Å²) in [5, 5.41) is 7.80. The molecule has 0 N–H and O–H groups in total. The van der Waals surface area contributed by atoms with E-state index in [1.54, 1.807) is 0 Å². The Kier molecular flexibility index (Phi) is 6.84. The average Bonchev–Trinajstić information content (AvgIpc) is 3.90.